The first-order chi connectivity index (χ1) is 11.0. The van der Waals surface area contributed by atoms with E-state index in [-0.39, 0.29) is 24.9 Å². The lowest BCUT2D eigenvalue weighted by Gasteiger charge is -2.25. The summed E-state index contributed by atoms with van der Waals surface area (Å²) in [6, 6.07) is 5.36. The average molecular weight is 319 g/mol. The number of hydrogen-bond donors (Lipinski definition) is 0. The van der Waals surface area contributed by atoms with Crippen LogP contribution >= 0.6 is 0 Å². The number of hydrogen-bond acceptors (Lipinski definition) is 5. The standard InChI is InChI=1S/C17H21NO5/c1-11(2)18(9-17(20)22-4)16(19)7-12-10-23-15-8-13(21-3)5-6-14(12)15/h5-6,8,10-11H,7,9H2,1-4H3. The molecular weight excluding hydrogens is 298 g/mol. The van der Waals surface area contributed by atoms with Crippen molar-refractivity contribution in [3.8, 4) is 5.75 Å². The van der Waals surface area contributed by atoms with E-state index >= 15 is 0 Å². The summed E-state index contributed by atoms with van der Waals surface area (Å²) in [6.07, 6.45) is 1.73. The second kappa shape index (κ2) is 7.17. The molecule has 2 rings (SSSR count). The Labute approximate surface area is 135 Å². The van der Waals surface area contributed by atoms with Crippen LogP contribution in [0, 0.1) is 0 Å². The summed E-state index contributed by atoms with van der Waals surface area (Å²) in [5, 5.41) is 0.862. The normalized spacial score (nSPS) is 10.8. The third-order valence-electron chi connectivity index (χ3n) is 3.68. The fourth-order valence-electron chi connectivity index (χ4n) is 2.35. The van der Waals surface area contributed by atoms with Crippen molar-refractivity contribution in [3.63, 3.8) is 0 Å². The molecule has 0 saturated heterocycles. The average Bonchev–Trinajstić information content (AvgIpc) is 2.93. The van der Waals surface area contributed by atoms with E-state index in [1.54, 1.807) is 19.4 Å². The molecule has 0 bridgehead atoms. The third-order valence-corrected chi connectivity index (χ3v) is 3.68. The molecule has 2 aromatic rings. The maximum Gasteiger partial charge on any atom is 0.325 e. The van der Waals surface area contributed by atoms with E-state index in [0.29, 0.717) is 11.3 Å². The van der Waals surface area contributed by atoms with Gasteiger partial charge in [0.25, 0.3) is 0 Å². The zero-order valence-corrected chi connectivity index (χ0v) is 13.8. The van der Waals surface area contributed by atoms with E-state index in [1.807, 2.05) is 26.0 Å². The number of methoxy groups -OCH3 is 2. The zero-order chi connectivity index (χ0) is 17.0. The van der Waals surface area contributed by atoms with Gasteiger partial charge in [0.1, 0.15) is 17.9 Å². The highest BCUT2D eigenvalue weighted by atomic mass is 16.5. The Morgan fingerprint density at radius 2 is 2.00 bits per heavy atom. The number of amides is 1. The van der Waals surface area contributed by atoms with Crippen LogP contribution in [0.2, 0.25) is 0 Å². The first-order valence-electron chi connectivity index (χ1n) is 7.36. The highest BCUT2D eigenvalue weighted by Crippen LogP contribution is 2.26. The Kier molecular flexibility index (Phi) is 5.26. The quantitative estimate of drug-likeness (QED) is 0.765. The molecular formula is C17H21NO5. The second-order valence-electron chi connectivity index (χ2n) is 5.49. The van der Waals surface area contributed by atoms with Gasteiger partial charge in [-0.2, -0.15) is 0 Å². The van der Waals surface area contributed by atoms with Crippen molar-refractivity contribution in [2.45, 2.75) is 26.3 Å². The van der Waals surface area contributed by atoms with Crippen LogP contribution in [0.4, 0.5) is 0 Å². The van der Waals surface area contributed by atoms with Gasteiger partial charge >= 0.3 is 5.97 Å². The lowest BCUT2D eigenvalue weighted by molar-refractivity contribution is -0.148. The Balaban J connectivity index is 2.19. The Morgan fingerprint density at radius 1 is 1.26 bits per heavy atom. The van der Waals surface area contributed by atoms with Crippen LogP contribution in [0.5, 0.6) is 5.75 Å². The number of esters is 1. The van der Waals surface area contributed by atoms with E-state index in [1.165, 1.54) is 12.0 Å². The van der Waals surface area contributed by atoms with Crippen LogP contribution in [0.1, 0.15) is 19.4 Å². The number of nitrogens with zero attached hydrogens (tertiary/aromatic N) is 1. The summed E-state index contributed by atoms with van der Waals surface area (Å²) in [4.78, 5) is 25.5. The molecule has 1 heterocycles. The minimum atomic E-state index is -0.436. The first kappa shape index (κ1) is 16.9. The number of ether oxygens (including phenoxy) is 2. The van der Waals surface area contributed by atoms with E-state index < -0.39 is 5.97 Å². The molecule has 6 nitrogen and oxygen atoms in total. The fraction of sp³-hybridized carbons (Fsp3) is 0.412. The second-order valence-corrected chi connectivity index (χ2v) is 5.49. The van der Waals surface area contributed by atoms with Crippen molar-refractivity contribution in [1.82, 2.24) is 4.90 Å². The van der Waals surface area contributed by atoms with E-state index in [0.717, 1.165) is 10.9 Å². The summed E-state index contributed by atoms with van der Waals surface area (Å²) in [6.45, 7) is 3.66. The summed E-state index contributed by atoms with van der Waals surface area (Å²) in [7, 11) is 2.89. The van der Waals surface area contributed by atoms with Gasteiger partial charge < -0.3 is 18.8 Å². The molecule has 0 radical (unpaired) electrons. The SMILES string of the molecule is COC(=O)CN(C(=O)Cc1coc2cc(OC)ccc12)C(C)C. The summed E-state index contributed by atoms with van der Waals surface area (Å²) in [5.41, 5.74) is 1.44. The molecule has 0 unspecified atom stereocenters. The number of rotatable bonds is 6. The topological polar surface area (TPSA) is 69.0 Å². The number of fused-ring (bicyclic) bond motifs is 1. The molecule has 1 amide bonds. The lowest BCUT2D eigenvalue weighted by Crippen LogP contribution is -2.41. The van der Waals surface area contributed by atoms with Gasteiger partial charge in [-0.15, -0.1) is 0 Å². The number of furan rings is 1. The van der Waals surface area contributed by atoms with E-state index in [2.05, 4.69) is 4.74 Å². The lowest BCUT2D eigenvalue weighted by atomic mass is 10.1. The van der Waals surface area contributed by atoms with Crippen LogP contribution in [-0.4, -0.2) is 43.6 Å². The van der Waals surface area contributed by atoms with Crippen LogP contribution < -0.4 is 4.74 Å². The predicted molar refractivity (Wildman–Crippen MR) is 85.3 cm³/mol. The molecule has 6 heteroatoms. The smallest absolute Gasteiger partial charge is 0.325 e. The first-order valence-corrected chi connectivity index (χ1v) is 7.36. The summed E-state index contributed by atoms with van der Waals surface area (Å²) >= 11 is 0. The fourth-order valence-corrected chi connectivity index (χ4v) is 2.35. The van der Waals surface area contributed by atoms with Gasteiger partial charge in [0.05, 0.1) is 26.9 Å². The molecule has 1 aromatic heterocycles. The molecule has 1 aromatic carbocycles. The minimum absolute atomic E-state index is 0.0589. The van der Waals surface area contributed by atoms with Gasteiger partial charge in [0.2, 0.25) is 5.91 Å². The minimum Gasteiger partial charge on any atom is -0.497 e. The Morgan fingerprint density at radius 3 is 2.61 bits per heavy atom. The molecule has 0 fully saturated rings. The highest BCUT2D eigenvalue weighted by Gasteiger charge is 2.22. The van der Waals surface area contributed by atoms with Crippen molar-refractivity contribution in [1.29, 1.82) is 0 Å². The van der Waals surface area contributed by atoms with Crippen molar-refractivity contribution in [3.05, 3.63) is 30.0 Å². The largest absolute Gasteiger partial charge is 0.497 e. The summed E-state index contributed by atoms with van der Waals surface area (Å²) in [5.74, 6) is 0.108. The van der Waals surface area contributed by atoms with Gasteiger partial charge in [-0.25, -0.2) is 0 Å². The molecule has 0 atom stereocenters. The summed E-state index contributed by atoms with van der Waals surface area (Å²) < 4.78 is 15.3. The van der Waals surface area contributed by atoms with E-state index in [9.17, 15) is 9.59 Å². The maximum absolute atomic E-state index is 12.5. The molecule has 124 valence electrons. The molecule has 0 N–H and O–H groups in total. The van der Waals surface area contributed by atoms with Gasteiger partial charge in [0, 0.05) is 23.1 Å². The predicted octanol–water partition coefficient (Wildman–Crippen LogP) is 2.39. The van der Waals surface area contributed by atoms with Crippen molar-refractivity contribution in [2.24, 2.45) is 0 Å². The van der Waals surface area contributed by atoms with Gasteiger partial charge in [-0.1, -0.05) is 0 Å². The van der Waals surface area contributed by atoms with Crippen LogP contribution in [0.3, 0.4) is 0 Å². The monoisotopic (exact) mass is 319 g/mol. The Hall–Kier alpha value is -2.50. The molecule has 0 aliphatic carbocycles. The third kappa shape index (κ3) is 3.83. The van der Waals surface area contributed by atoms with Gasteiger partial charge in [-0.3, -0.25) is 9.59 Å². The number of carbonyl (C=O) groups excluding carboxylic acids is 2. The molecule has 0 aliphatic rings. The molecule has 0 aliphatic heterocycles. The molecule has 23 heavy (non-hydrogen) atoms. The highest BCUT2D eigenvalue weighted by molar-refractivity contribution is 5.89. The zero-order valence-electron chi connectivity index (χ0n) is 13.8. The van der Waals surface area contributed by atoms with Crippen molar-refractivity contribution < 1.29 is 23.5 Å². The van der Waals surface area contributed by atoms with Gasteiger partial charge in [-0.05, 0) is 26.0 Å². The molecule has 0 saturated carbocycles. The Bertz CT molecular complexity index is 704. The maximum atomic E-state index is 12.5. The van der Waals surface area contributed by atoms with Crippen LogP contribution in [-0.2, 0) is 20.7 Å². The van der Waals surface area contributed by atoms with Crippen molar-refractivity contribution >= 4 is 22.8 Å². The van der Waals surface area contributed by atoms with Crippen LogP contribution in [0.25, 0.3) is 11.0 Å². The van der Waals surface area contributed by atoms with Crippen molar-refractivity contribution in [2.75, 3.05) is 20.8 Å². The number of carbonyl (C=O) groups is 2. The number of benzene rings is 1. The van der Waals surface area contributed by atoms with Crippen LogP contribution in [0.15, 0.2) is 28.9 Å². The van der Waals surface area contributed by atoms with E-state index in [4.69, 9.17) is 9.15 Å². The van der Waals surface area contributed by atoms with Gasteiger partial charge in [0.15, 0.2) is 0 Å². The molecule has 0 spiro atoms.